The van der Waals surface area contributed by atoms with Crippen molar-refractivity contribution in [2.75, 3.05) is 20.3 Å². The summed E-state index contributed by atoms with van der Waals surface area (Å²) < 4.78 is 71.2. The van der Waals surface area contributed by atoms with Crippen molar-refractivity contribution in [3.63, 3.8) is 0 Å². The number of nitrogens with one attached hydrogen (secondary N) is 1. The van der Waals surface area contributed by atoms with Gasteiger partial charge in [0, 0.05) is 29.4 Å². The second-order valence-electron chi connectivity index (χ2n) is 12.1. The highest BCUT2D eigenvalue weighted by Gasteiger charge is 2.60. The Bertz CT molecular complexity index is 1890. The Hall–Kier alpha value is -4.72. The van der Waals surface area contributed by atoms with E-state index < -0.39 is 47.1 Å². The van der Waals surface area contributed by atoms with Crippen molar-refractivity contribution >= 4 is 17.5 Å². The van der Waals surface area contributed by atoms with Gasteiger partial charge in [0.15, 0.2) is 11.4 Å². The number of hydrogen-bond donors (Lipinski definition) is 3. The van der Waals surface area contributed by atoms with Gasteiger partial charge in [0.05, 0.1) is 30.6 Å². The molecule has 2 saturated carbocycles. The van der Waals surface area contributed by atoms with Crippen LogP contribution in [0.1, 0.15) is 58.9 Å². The van der Waals surface area contributed by atoms with Gasteiger partial charge in [0.1, 0.15) is 29.3 Å². The van der Waals surface area contributed by atoms with Crippen LogP contribution in [-0.2, 0) is 15.8 Å². The minimum Gasteiger partial charge on any atom is -0.493 e. The number of aromatic nitrogens is 3. The number of pyridine rings is 2. The second-order valence-corrected chi connectivity index (χ2v) is 12.1. The largest absolute Gasteiger partial charge is 0.493 e. The molecular weight excluding hydrogens is 610 g/mol. The number of methoxy groups -OCH3 is 1. The highest BCUT2D eigenvalue weighted by atomic mass is 19.4. The zero-order valence-electron chi connectivity index (χ0n) is 24.5. The number of alkyl halides is 3. The van der Waals surface area contributed by atoms with E-state index in [0.29, 0.717) is 24.4 Å². The van der Waals surface area contributed by atoms with E-state index in [9.17, 15) is 32.3 Å². The molecule has 0 saturated heterocycles. The number of carbonyl (C=O) groups is 2. The fraction of sp³-hybridized carbons (Fsp3) is 0.375. The van der Waals surface area contributed by atoms with Gasteiger partial charge in [0.25, 0.3) is 5.91 Å². The lowest BCUT2D eigenvalue weighted by Crippen LogP contribution is -2.52. The molecule has 3 aliphatic rings. The number of hydrogen-bond acceptors (Lipinski definition) is 7. The maximum atomic E-state index is 14.9. The number of amides is 2. The Labute approximate surface area is 259 Å². The Morgan fingerprint density at radius 3 is 2.46 bits per heavy atom. The van der Waals surface area contributed by atoms with Crippen LogP contribution < -0.4 is 20.5 Å². The van der Waals surface area contributed by atoms with E-state index in [1.165, 1.54) is 31.5 Å². The summed E-state index contributed by atoms with van der Waals surface area (Å²) in [4.78, 5) is 34.9. The third kappa shape index (κ3) is 4.73. The summed E-state index contributed by atoms with van der Waals surface area (Å²) >= 11 is 0. The van der Waals surface area contributed by atoms with E-state index in [1.807, 2.05) is 0 Å². The fourth-order valence-electron chi connectivity index (χ4n) is 6.19. The van der Waals surface area contributed by atoms with Crippen molar-refractivity contribution in [2.45, 2.75) is 48.8 Å². The minimum absolute atomic E-state index is 0.0286. The lowest BCUT2D eigenvalue weighted by molar-refractivity contribution is -0.265. The fourth-order valence-corrected chi connectivity index (χ4v) is 6.19. The molecule has 4 aromatic rings. The zero-order valence-corrected chi connectivity index (χ0v) is 24.5. The van der Waals surface area contributed by atoms with Gasteiger partial charge in [-0.2, -0.15) is 13.2 Å². The predicted octanol–water partition coefficient (Wildman–Crippen LogP) is 4.13. The van der Waals surface area contributed by atoms with E-state index in [-0.39, 0.29) is 46.4 Å². The van der Waals surface area contributed by atoms with Crippen LogP contribution in [0.15, 0.2) is 48.8 Å². The molecule has 4 heterocycles. The molecule has 0 spiro atoms. The number of primary amides is 1. The molecule has 1 aliphatic heterocycles. The van der Waals surface area contributed by atoms with Crippen molar-refractivity contribution < 1.29 is 41.7 Å². The highest BCUT2D eigenvalue weighted by molar-refractivity contribution is 5.95. The van der Waals surface area contributed by atoms with Gasteiger partial charge in [-0.15, -0.1) is 0 Å². The summed E-state index contributed by atoms with van der Waals surface area (Å²) in [6.45, 7) is -1.54. The first-order chi connectivity index (χ1) is 21.9. The molecule has 0 radical (unpaired) electrons. The number of rotatable bonds is 9. The molecule has 2 amide bonds. The summed E-state index contributed by atoms with van der Waals surface area (Å²) in [6.07, 6.45) is 1.000. The van der Waals surface area contributed by atoms with Crippen LogP contribution in [-0.4, -0.2) is 57.7 Å². The Balaban J connectivity index is 1.29. The average Bonchev–Trinajstić information content (AvgIpc) is 3.97. The molecule has 4 N–H and O–H groups in total. The molecule has 7 rings (SSSR count). The molecule has 0 bridgehead atoms. The molecule has 14 heteroatoms. The first-order valence-corrected chi connectivity index (χ1v) is 14.7. The number of nitrogens with two attached hydrogens (primary N) is 1. The lowest BCUT2D eigenvalue weighted by atomic mass is 9.76. The maximum Gasteiger partial charge on any atom is 0.424 e. The van der Waals surface area contributed by atoms with Gasteiger partial charge in [-0.1, -0.05) is 0 Å². The molecule has 2 fully saturated rings. The molecule has 2 atom stereocenters. The molecule has 2 aliphatic carbocycles. The van der Waals surface area contributed by atoms with Crippen LogP contribution in [0, 0.1) is 11.7 Å². The standard InChI is InChI=1S/C32H29F4N5O5/c1-45-23-10-18(12-41-13-22(16-2-3-16)39-27(23)41)28(42)38-14-31(44,32(34,35)36)24-11-21-26(25(40-24)17-4-8-20(33)9-5-17)46-15-30(21,29(37)43)19-6-7-19/h4-5,8-13,16,19,44H,2-3,6-7,14-15H2,1H3,(H2,37,43)(H,38,42)/t30-,31?/m0/s1. The first kappa shape index (κ1) is 30.0. The molecule has 1 aromatic carbocycles. The van der Waals surface area contributed by atoms with Crippen molar-refractivity contribution in [1.82, 2.24) is 19.7 Å². The normalized spacial score (nSPS) is 20.6. The maximum absolute atomic E-state index is 14.9. The number of carbonyl (C=O) groups excluding carboxylic acids is 2. The van der Waals surface area contributed by atoms with Gasteiger partial charge in [0.2, 0.25) is 11.5 Å². The number of nitrogens with zero attached hydrogens (tertiary/aromatic N) is 3. The summed E-state index contributed by atoms with van der Waals surface area (Å²) in [7, 11) is 1.39. The SMILES string of the molecule is COc1cc(C(=O)NCC(O)(c2cc3c(c(-c4ccc(F)cc4)n2)OC[C@]3(C(N)=O)C2CC2)C(F)(F)F)cn2cc(C3CC3)nc12. The van der Waals surface area contributed by atoms with Crippen LogP contribution in [0.25, 0.3) is 16.9 Å². The predicted molar refractivity (Wildman–Crippen MR) is 155 cm³/mol. The monoisotopic (exact) mass is 639 g/mol. The van der Waals surface area contributed by atoms with Gasteiger partial charge < -0.3 is 30.0 Å². The van der Waals surface area contributed by atoms with Gasteiger partial charge >= 0.3 is 6.18 Å². The summed E-state index contributed by atoms with van der Waals surface area (Å²) in [5.74, 6) is -1.99. The molecule has 10 nitrogen and oxygen atoms in total. The van der Waals surface area contributed by atoms with Crippen molar-refractivity contribution in [3.8, 4) is 22.8 Å². The van der Waals surface area contributed by atoms with Crippen LogP contribution in [0.5, 0.6) is 11.5 Å². The zero-order chi connectivity index (χ0) is 32.6. The summed E-state index contributed by atoms with van der Waals surface area (Å²) in [5.41, 5.74) is 1.16. The number of benzene rings is 1. The number of imidazole rings is 1. The number of ether oxygens (including phenoxy) is 2. The quantitative estimate of drug-likeness (QED) is 0.234. The molecular formula is C32H29F4N5O5. The van der Waals surface area contributed by atoms with Gasteiger partial charge in [-0.25, -0.2) is 14.4 Å². The smallest absolute Gasteiger partial charge is 0.424 e. The van der Waals surface area contributed by atoms with Crippen LogP contribution in [0.2, 0.25) is 0 Å². The summed E-state index contributed by atoms with van der Waals surface area (Å²) in [5, 5.41) is 13.6. The molecule has 240 valence electrons. The molecule has 46 heavy (non-hydrogen) atoms. The minimum atomic E-state index is -5.35. The van der Waals surface area contributed by atoms with E-state index in [0.717, 1.165) is 36.7 Å². The van der Waals surface area contributed by atoms with Crippen LogP contribution >= 0.6 is 0 Å². The Morgan fingerprint density at radius 1 is 1.13 bits per heavy atom. The van der Waals surface area contributed by atoms with E-state index in [4.69, 9.17) is 15.2 Å². The van der Waals surface area contributed by atoms with Crippen LogP contribution in [0.4, 0.5) is 17.6 Å². The van der Waals surface area contributed by atoms with E-state index in [1.54, 1.807) is 10.6 Å². The van der Waals surface area contributed by atoms with E-state index in [2.05, 4.69) is 15.3 Å². The molecule has 1 unspecified atom stereocenters. The first-order valence-electron chi connectivity index (χ1n) is 14.7. The average molecular weight is 640 g/mol. The van der Waals surface area contributed by atoms with Crippen molar-refractivity contribution in [1.29, 1.82) is 0 Å². The number of aliphatic hydroxyl groups is 1. The van der Waals surface area contributed by atoms with Crippen LogP contribution in [0.3, 0.4) is 0 Å². The number of halogens is 4. The topological polar surface area (TPSA) is 141 Å². The third-order valence-electron chi connectivity index (χ3n) is 9.14. The summed E-state index contributed by atoms with van der Waals surface area (Å²) in [6, 6.07) is 7.14. The Kier molecular flexibility index (Phi) is 6.78. The van der Waals surface area contributed by atoms with Crippen molar-refractivity contribution in [2.24, 2.45) is 11.7 Å². The number of fused-ring (bicyclic) bond motifs is 2. The highest BCUT2D eigenvalue weighted by Crippen LogP contribution is 2.56. The lowest BCUT2D eigenvalue weighted by Gasteiger charge is -2.32. The Morgan fingerprint density at radius 2 is 1.85 bits per heavy atom. The van der Waals surface area contributed by atoms with E-state index >= 15 is 0 Å². The second kappa shape index (κ2) is 10.4. The third-order valence-corrected chi connectivity index (χ3v) is 9.14. The van der Waals surface area contributed by atoms with Gasteiger partial charge in [-0.3, -0.25) is 9.59 Å². The van der Waals surface area contributed by atoms with Gasteiger partial charge in [-0.05, 0) is 68.0 Å². The van der Waals surface area contributed by atoms with Crippen molar-refractivity contribution in [3.05, 3.63) is 77.1 Å². The molecule has 3 aromatic heterocycles.